The lowest BCUT2D eigenvalue weighted by atomic mass is 10.0. The first-order chi connectivity index (χ1) is 11.9. The van der Waals surface area contributed by atoms with Gasteiger partial charge in [0.25, 0.3) is 0 Å². The van der Waals surface area contributed by atoms with Crippen molar-refractivity contribution in [2.75, 3.05) is 0 Å². The third kappa shape index (κ3) is 2.95. The van der Waals surface area contributed by atoms with Gasteiger partial charge in [0, 0.05) is 16.7 Å². The minimum atomic E-state index is -0.226. The molecule has 1 aliphatic heterocycles. The molecule has 1 unspecified atom stereocenters. The van der Waals surface area contributed by atoms with Crippen LogP contribution in [-0.4, -0.2) is 0 Å². The fourth-order valence-corrected chi connectivity index (χ4v) is 2.79. The van der Waals surface area contributed by atoms with Crippen molar-refractivity contribution in [3.8, 4) is 11.8 Å². The molecular formula is C23H16O. The first-order valence-electron chi connectivity index (χ1n) is 7.99. The number of benzene rings is 3. The topological polar surface area (TPSA) is 9.23 Å². The molecule has 1 atom stereocenters. The molecule has 0 spiro atoms. The predicted molar refractivity (Wildman–Crippen MR) is 97.9 cm³/mol. The summed E-state index contributed by atoms with van der Waals surface area (Å²) >= 11 is 0. The first-order valence-corrected chi connectivity index (χ1v) is 7.99. The van der Waals surface area contributed by atoms with Crippen molar-refractivity contribution in [2.24, 2.45) is 0 Å². The lowest BCUT2D eigenvalue weighted by molar-refractivity contribution is 0.247. The highest BCUT2D eigenvalue weighted by atomic mass is 16.5. The van der Waals surface area contributed by atoms with E-state index in [1.165, 1.54) is 0 Å². The van der Waals surface area contributed by atoms with Crippen molar-refractivity contribution in [3.63, 3.8) is 0 Å². The molecule has 0 saturated carbocycles. The Morgan fingerprint density at radius 2 is 1.42 bits per heavy atom. The quantitative estimate of drug-likeness (QED) is 0.554. The summed E-state index contributed by atoms with van der Waals surface area (Å²) in [6.45, 7) is 0. The highest BCUT2D eigenvalue weighted by molar-refractivity contribution is 5.81. The van der Waals surface area contributed by atoms with E-state index in [9.17, 15) is 0 Å². The molecule has 1 heteroatoms. The monoisotopic (exact) mass is 308 g/mol. The highest BCUT2D eigenvalue weighted by Crippen LogP contribution is 2.38. The van der Waals surface area contributed by atoms with Gasteiger partial charge in [0.15, 0.2) is 6.10 Å². The van der Waals surface area contributed by atoms with Crippen LogP contribution in [0.5, 0.6) is 0 Å². The van der Waals surface area contributed by atoms with Gasteiger partial charge in [-0.2, -0.15) is 0 Å². The Hall–Kier alpha value is -3.24. The second-order valence-electron chi connectivity index (χ2n) is 5.64. The van der Waals surface area contributed by atoms with Crippen molar-refractivity contribution in [1.82, 2.24) is 0 Å². The van der Waals surface area contributed by atoms with Gasteiger partial charge in [-0.05, 0) is 29.7 Å². The fraction of sp³-hybridized carbons (Fsp3) is 0.0435. The maximum Gasteiger partial charge on any atom is 0.185 e. The largest absolute Gasteiger partial charge is 0.472 e. The predicted octanol–water partition coefficient (Wildman–Crippen LogP) is 5.31. The Morgan fingerprint density at radius 3 is 2.21 bits per heavy atom. The third-order valence-electron chi connectivity index (χ3n) is 3.97. The number of hydrogen-bond donors (Lipinski definition) is 0. The average Bonchev–Trinajstić information content (AvgIpc) is 3.00. The molecule has 4 rings (SSSR count). The van der Waals surface area contributed by atoms with Crippen molar-refractivity contribution in [2.45, 2.75) is 6.10 Å². The van der Waals surface area contributed by atoms with E-state index in [-0.39, 0.29) is 6.10 Å². The van der Waals surface area contributed by atoms with Crippen molar-refractivity contribution >= 4 is 11.8 Å². The molecule has 3 aromatic carbocycles. The highest BCUT2D eigenvalue weighted by Gasteiger charge is 2.26. The number of ether oxygens (including phenoxy) is 1. The van der Waals surface area contributed by atoms with Gasteiger partial charge in [0.2, 0.25) is 0 Å². The van der Waals surface area contributed by atoms with Gasteiger partial charge in [-0.15, -0.1) is 0 Å². The first kappa shape index (κ1) is 14.4. The smallest absolute Gasteiger partial charge is 0.185 e. The number of fused-ring (bicyclic) bond motifs is 1. The summed E-state index contributed by atoms with van der Waals surface area (Å²) in [4.78, 5) is 0. The molecule has 3 aromatic rings. The van der Waals surface area contributed by atoms with Crippen LogP contribution in [0.25, 0.3) is 11.8 Å². The fourth-order valence-electron chi connectivity index (χ4n) is 2.79. The van der Waals surface area contributed by atoms with Crippen LogP contribution in [0, 0.1) is 11.8 Å². The Labute approximate surface area is 142 Å². The minimum Gasteiger partial charge on any atom is -0.472 e. The second kappa shape index (κ2) is 6.48. The normalized spacial score (nSPS) is 16.8. The molecule has 1 heterocycles. The van der Waals surface area contributed by atoms with Gasteiger partial charge < -0.3 is 4.74 Å². The van der Waals surface area contributed by atoms with Crippen LogP contribution in [0.1, 0.15) is 28.4 Å². The summed E-state index contributed by atoms with van der Waals surface area (Å²) in [5.74, 6) is 7.35. The van der Waals surface area contributed by atoms with E-state index in [1.807, 2.05) is 60.7 Å². The van der Waals surface area contributed by atoms with E-state index in [0.29, 0.717) is 0 Å². The molecule has 1 aliphatic rings. The summed E-state index contributed by atoms with van der Waals surface area (Å²) in [5, 5.41) is 0. The summed E-state index contributed by atoms with van der Waals surface area (Å²) in [6.07, 6.45) is 1.85. The molecule has 0 radical (unpaired) electrons. The second-order valence-corrected chi connectivity index (χ2v) is 5.64. The van der Waals surface area contributed by atoms with Gasteiger partial charge in [0.1, 0.15) is 5.76 Å². The van der Waals surface area contributed by atoms with Crippen molar-refractivity contribution in [3.05, 3.63) is 107 Å². The zero-order chi connectivity index (χ0) is 16.2. The van der Waals surface area contributed by atoms with E-state index >= 15 is 0 Å². The molecule has 0 bridgehead atoms. The molecule has 0 amide bonds. The summed E-state index contributed by atoms with van der Waals surface area (Å²) in [6, 6.07) is 28.5. The summed E-state index contributed by atoms with van der Waals surface area (Å²) in [7, 11) is 0. The van der Waals surface area contributed by atoms with Gasteiger partial charge in [0.05, 0.1) is 0 Å². The number of rotatable bonds is 1. The minimum absolute atomic E-state index is 0.226. The van der Waals surface area contributed by atoms with E-state index in [0.717, 1.165) is 28.0 Å². The Morgan fingerprint density at radius 1 is 0.750 bits per heavy atom. The van der Waals surface area contributed by atoms with Gasteiger partial charge in [-0.25, -0.2) is 0 Å². The third-order valence-corrected chi connectivity index (χ3v) is 3.97. The van der Waals surface area contributed by atoms with Gasteiger partial charge in [-0.3, -0.25) is 0 Å². The summed E-state index contributed by atoms with van der Waals surface area (Å²) in [5.41, 5.74) is 4.37. The Balaban J connectivity index is 1.69. The van der Waals surface area contributed by atoms with E-state index in [4.69, 9.17) is 4.74 Å². The van der Waals surface area contributed by atoms with Crippen LogP contribution in [-0.2, 0) is 4.74 Å². The zero-order valence-corrected chi connectivity index (χ0v) is 13.1. The Kier molecular flexibility index (Phi) is 3.88. The van der Waals surface area contributed by atoms with Gasteiger partial charge in [-0.1, -0.05) is 78.7 Å². The van der Waals surface area contributed by atoms with Crippen molar-refractivity contribution < 1.29 is 4.74 Å². The molecule has 24 heavy (non-hydrogen) atoms. The van der Waals surface area contributed by atoms with Crippen LogP contribution >= 0.6 is 0 Å². The molecule has 114 valence electrons. The number of hydrogen-bond acceptors (Lipinski definition) is 1. The molecular weight excluding hydrogens is 292 g/mol. The Bertz CT molecular complexity index is 928. The van der Waals surface area contributed by atoms with Crippen LogP contribution in [0.15, 0.2) is 84.9 Å². The maximum absolute atomic E-state index is 6.15. The zero-order valence-electron chi connectivity index (χ0n) is 13.1. The maximum atomic E-state index is 6.15. The van der Waals surface area contributed by atoms with Crippen LogP contribution in [0.3, 0.4) is 0 Å². The standard InChI is InChI=1S/C23H16O/c1-3-9-18(10-4-1)15-16-22-20-13-7-8-14-21(20)23(24-22)17-19-11-5-2-6-12-19/h1-14,17,22H/b23-17-. The van der Waals surface area contributed by atoms with Crippen LogP contribution in [0.4, 0.5) is 0 Å². The molecule has 0 saturated heterocycles. The molecule has 1 nitrogen and oxygen atoms in total. The van der Waals surface area contributed by atoms with E-state index in [2.05, 4.69) is 42.2 Å². The van der Waals surface area contributed by atoms with Gasteiger partial charge >= 0.3 is 0 Å². The SMILES string of the molecule is C(#CC1O/C(=C\c2ccccc2)c2ccccc21)c1ccccc1. The molecule has 0 N–H and O–H groups in total. The molecule has 0 fully saturated rings. The lowest BCUT2D eigenvalue weighted by Gasteiger charge is -2.04. The lowest BCUT2D eigenvalue weighted by Crippen LogP contribution is -1.91. The molecule has 0 aromatic heterocycles. The van der Waals surface area contributed by atoms with Crippen LogP contribution in [0.2, 0.25) is 0 Å². The van der Waals surface area contributed by atoms with Crippen LogP contribution < -0.4 is 0 Å². The average molecular weight is 308 g/mol. The van der Waals surface area contributed by atoms with E-state index in [1.54, 1.807) is 0 Å². The van der Waals surface area contributed by atoms with E-state index < -0.39 is 0 Å². The summed E-state index contributed by atoms with van der Waals surface area (Å²) < 4.78 is 6.15. The van der Waals surface area contributed by atoms with Crippen molar-refractivity contribution in [1.29, 1.82) is 0 Å². The molecule has 0 aliphatic carbocycles.